The van der Waals surface area contributed by atoms with E-state index in [0.717, 1.165) is 17.7 Å². The van der Waals surface area contributed by atoms with Crippen LogP contribution in [0.5, 0.6) is 5.75 Å². The monoisotopic (exact) mass is 411 g/mol. The van der Waals surface area contributed by atoms with Gasteiger partial charge >= 0.3 is 0 Å². The fourth-order valence-corrected chi connectivity index (χ4v) is 3.38. The largest absolute Gasteiger partial charge is 0.505 e. The average molecular weight is 411 g/mol. The summed E-state index contributed by atoms with van der Waals surface area (Å²) in [4.78, 5) is 25.8. The molecule has 0 saturated heterocycles. The second-order valence-electron chi connectivity index (χ2n) is 7.59. The smallest absolute Gasteiger partial charge is 0.257 e. The van der Waals surface area contributed by atoms with E-state index in [9.17, 15) is 19.1 Å². The first-order chi connectivity index (χ1) is 14.2. The van der Waals surface area contributed by atoms with Crippen LogP contribution in [-0.4, -0.2) is 35.8 Å². The zero-order chi connectivity index (χ0) is 22.0. The molecule has 0 fully saturated rings. The lowest BCUT2D eigenvalue weighted by atomic mass is 9.95. The molecule has 0 spiro atoms. The maximum absolute atomic E-state index is 13.6. The zero-order valence-electron chi connectivity index (χ0n) is 17.5. The first kappa shape index (κ1) is 21.4. The summed E-state index contributed by atoms with van der Waals surface area (Å²) in [6.07, 6.45) is 0.990. The molecule has 2 aromatic carbocycles. The molecule has 3 N–H and O–H groups in total. The molecule has 1 atom stereocenters. The van der Waals surface area contributed by atoms with E-state index in [0.29, 0.717) is 11.3 Å². The highest BCUT2D eigenvalue weighted by atomic mass is 19.1. The van der Waals surface area contributed by atoms with Crippen LogP contribution in [-0.2, 0) is 4.79 Å². The first-order valence-corrected chi connectivity index (χ1v) is 9.82. The summed E-state index contributed by atoms with van der Waals surface area (Å²) in [5.74, 6) is -0.881. The molecule has 6 nitrogen and oxygen atoms in total. The highest BCUT2D eigenvalue weighted by Crippen LogP contribution is 2.33. The summed E-state index contributed by atoms with van der Waals surface area (Å²) in [5, 5.41) is 16.8. The maximum Gasteiger partial charge on any atom is 0.257 e. The van der Waals surface area contributed by atoms with Crippen LogP contribution in [0.1, 0.15) is 47.3 Å². The topological polar surface area (TPSA) is 81.7 Å². The van der Waals surface area contributed by atoms with Gasteiger partial charge < -0.3 is 20.6 Å². The number of halogens is 1. The first-order valence-electron chi connectivity index (χ1n) is 9.82. The molecule has 0 radical (unpaired) electrons. The molecule has 158 valence electrons. The molecule has 1 aliphatic rings. The van der Waals surface area contributed by atoms with Crippen LogP contribution in [0.15, 0.2) is 47.8 Å². The van der Waals surface area contributed by atoms with Crippen molar-refractivity contribution in [3.8, 4) is 5.75 Å². The number of Topliss-reactive ketones (excluding diaryl/α,β-unsaturated/α-hetero) is 1. The van der Waals surface area contributed by atoms with Crippen LogP contribution < -0.4 is 10.6 Å². The van der Waals surface area contributed by atoms with E-state index in [-0.39, 0.29) is 47.0 Å². The Morgan fingerprint density at radius 2 is 2.00 bits per heavy atom. The Labute approximate surface area is 175 Å². The maximum atomic E-state index is 13.6. The van der Waals surface area contributed by atoms with Gasteiger partial charge in [0.05, 0.1) is 23.7 Å². The Kier molecular flexibility index (Phi) is 6.10. The minimum Gasteiger partial charge on any atom is -0.505 e. The lowest BCUT2D eigenvalue weighted by molar-refractivity contribution is -0.116. The number of phenolic OH excluding ortho intramolecular Hbond substituents is 1. The van der Waals surface area contributed by atoms with E-state index in [1.807, 2.05) is 6.92 Å². The third-order valence-corrected chi connectivity index (χ3v) is 5.19. The standard InChI is InChI=1S/C23H26FN3O3/c1-5-17(14-9-10-16(24)13(2)11-14)25-19-12-20(28)21(19)26-18-8-6-7-15(22(18)29)23(30)27(3)4/h6-11,17,25-26,29H,5,12H2,1-4H3. The van der Waals surface area contributed by atoms with Crippen molar-refractivity contribution in [2.24, 2.45) is 0 Å². The number of benzene rings is 2. The van der Waals surface area contributed by atoms with Crippen LogP contribution in [0.25, 0.3) is 0 Å². The third-order valence-electron chi connectivity index (χ3n) is 5.19. The lowest BCUT2D eigenvalue weighted by Crippen LogP contribution is -2.34. The minimum atomic E-state index is -0.332. The minimum absolute atomic E-state index is 0.0838. The number of hydrogen-bond acceptors (Lipinski definition) is 5. The summed E-state index contributed by atoms with van der Waals surface area (Å²) >= 11 is 0. The van der Waals surface area contributed by atoms with Gasteiger partial charge in [0.1, 0.15) is 11.5 Å². The van der Waals surface area contributed by atoms with Crippen LogP contribution in [0.4, 0.5) is 10.1 Å². The Balaban J connectivity index is 1.85. The number of anilines is 1. The lowest BCUT2D eigenvalue weighted by Gasteiger charge is -2.29. The summed E-state index contributed by atoms with van der Waals surface area (Å²) in [6.45, 7) is 3.72. The van der Waals surface area contributed by atoms with Gasteiger partial charge in [-0.25, -0.2) is 4.39 Å². The third kappa shape index (κ3) is 4.15. The van der Waals surface area contributed by atoms with E-state index < -0.39 is 0 Å². The van der Waals surface area contributed by atoms with E-state index in [1.54, 1.807) is 45.3 Å². The number of amides is 1. The van der Waals surface area contributed by atoms with Crippen molar-refractivity contribution in [1.82, 2.24) is 10.2 Å². The molecule has 3 rings (SSSR count). The van der Waals surface area contributed by atoms with Crippen LogP contribution >= 0.6 is 0 Å². The summed E-state index contributed by atoms with van der Waals surface area (Å²) in [6, 6.07) is 9.68. The number of carbonyl (C=O) groups excluding carboxylic acids is 2. The molecule has 0 aliphatic heterocycles. The second kappa shape index (κ2) is 8.57. The van der Waals surface area contributed by atoms with Gasteiger partial charge in [-0.05, 0) is 42.7 Å². The van der Waals surface area contributed by atoms with Gasteiger partial charge in [-0.1, -0.05) is 25.1 Å². The Hall–Kier alpha value is -3.35. The molecule has 1 amide bonds. The van der Waals surface area contributed by atoms with Crippen molar-refractivity contribution in [2.75, 3.05) is 19.4 Å². The van der Waals surface area contributed by atoms with Gasteiger partial charge in [0.25, 0.3) is 5.91 Å². The zero-order valence-corrected chi connectivity index (χ0v) is 17.5. The molecule has 1 unspecified atom stereocenters. The predicted molar refractivity (Wildman–Crippen MR) is 114 cm³/mol. The van der Waals surface area contributed by atoms with Crippen molar-refractivity contribution < 1.29 is 19.1 Å². The van der Waals surface area contributed by atoms with Crippen molar-refractivity contribution in [1.29, 1.82) is 0 Å². The Bertz CT molecular complexity index is 1030. The Morgan fingerprint density at radius 1 is 1.27 bits per heavy atom. The predicted octanol–water partition coefficient (Wildman–Crippen LogP) is 3.88. The van der Waals surface area contributed by atoms with Crippen LogP contribution in [0.3, 0.4) is 0 Å². The number of aromatic hydroxyl groups is 1. The fourth-order valence-electron chi connectivity index (χ4n) is 3.38. The number of nitrogens with zero attached hydrogens (tertiary/aromatic N) is 1. The van der Waals surface area contributed by atoms with Gasteiger partial charge in [-0.2, -0.15) is 0 Å². The van der Waals surface area contributed by atoms with Gasteiger partial charge in [0, 0.05) is 19.8 Å². The molecular weight excluding hydrogens is 385 g/mol. The number of para-hydroxylation sites is 1. The number of nitrogens with one attached hydrogen (secondary N) is 2. The molecule has 0 heterocycles. The highest BCUT2D eigenvalue weighted by Gasteiger charge is 2.30. The number of rotatable bonds is 7. The van der Waals surface area contributed by atoms with Gasteiger partial charge in [0.15, 0.2) is 11.5 Å². The van der Waals surface area contributed by atoms with Gasteiger partial charge in [0.2, 0.25) is 0 Å². The van der Waals surface area contributed by atoms with Gasteiger partial charge in [-0.15, -0.1) is 0 Å². The number of phenols is 1. The summed E-state index contributed by atoms with van der Waals surface area (Å²) < 4.78 is 13.6. The molecule has 0 saturated carbocycles. The van der Waals surface area contributed by atoms with Crippen molar-refractivity contribution >= 4 is 17.4 Å². The summed E-state index contributed by atoms with van der Waals surface area (Å²) in [7, 11) is 3.20. The molecule has 7 heteroatoms. The number of allylic oxidation sites excluding steroid dienone is 2. The fraction of sp³-hybridized carbons (Fsp3) is 0.304. The van der Waals surface area contributed by atoms with Crippen molar-refractivity contribution in [2.45, 2.75) is 32.7 Å². The highest BCUT2D eigenvalue weighted by molar-refractivity contribution is 6.07. The summed E-state index contributed by atoms with van der Waals surface area (Å²) in [5.41, 5.74) is 3.02. The quantitative estimate of drug-likeness (QED) is 0.603. The number of aryl methyl sites for hydroxylation is 1. The van der Waals surface area contributed by atoms with Crippen molar-refractivity contribution in [3.63, 3.8) is 0 Å². The normalized spacial score (nSPS) is 14.2. The molecule has 30 heavy (non-hydrogen) atoms. The second-order valence-corrected chi connectivity index (χ2v) is 7.59. The SMILES string of the molecule is CCC(NC1=C(Nc2cccc(C(=O)N(C)C)c2O)C(=O)C1)c1ccc(F)c(C)c1. The van der Waals surface area contributed by atoms with Crippen LogP contribution in [0.2, 0.25) is 0 Å². The molecular formula is C23H26FN3O3. The van der Waals surface area contributed by atoms with E-state index >= 15 is 0 Å². The number of carbonyl (C=O) groups is 2. The molecule has 1 aliphatic carbocycles. The van der Waals surface area contributed by atoms with E-state index in [2.05, 4.69) is 10.6 Å². The molecule has 0 aromatic heterocycles. The molecule has 2 aromatic rings. The van der Waals surface area contributed by atoms with E-state index in [1.165, 1.54) is 17.0 Å². The van der Waals surface area contributed by atoms with E-state index in [4.69, 9.17) is 0 Å². The number of hydrogen-bond donors (Lipinski definition) is 3. The van der Waals surface area contributed by atoms with Crippen molar-refractivity contribution in [3.05, 3.63) is 70.3 Å². The molecule has 0 bridgehead atoms. The van der Waals surface area contributed by atoms with Crippen LogP contribution in [0, 0.1) is 12.7 Å². The Morgan fingerprint density at radius 3 is 2.60 bits per heavy atom. The average Bonchev–Trinajstić information content (AvgIpc) is 2.71. The number of ketones is 1. The van der Waals surface area contributed by atoms with Gasteiger partial charge in [-0.3, -0.25) is 9.59 Å².